The highest BCUT2D eigenvalue weighted by atomic mass is 16.3. The van der Waals surface area contributed by atoms with Crippen LogP contribution in [0.4, 0.5) is 0 Å². The number of amides is 2. The predicted molar refractivity (Wildman–Crippen MR) is 78.6 cm³/mol. The van der Waals surface area contributed by atoms with Crippen molar-refractivity contribution in [3.8, 4) is 5.75 Å². The molecule has 2 amide bonds. The van der Waals surface area contributed by atoms with Crippen molar-refractivity contribution in [2.75, 3.05) is 6.54 Å². The summed E-state index contributed by atoms with van der Waals surface area (Å²) in [6.45, 7) is 0.589. The number of hydrogen-bond donors (Lipinski definition) is 4. The summed E-state index contributed by atoms with van der Waals surface area (Å²) in [5.41, 5.74) is 6.30. The first-order valence-corrected chi connectivity index (χ1v) is 7.19. The maximum absolute atomic E-state index is 12.1. The van der Waals surface area contributed by atoms with E-state index in [-0.39, 0.29) is 17.6 Å². The number of benzene rings is 1. The monoisotopic (exact) mass is 291 g/mol. The Hall–Kier alpha value is -2.08. The van der Waals surface area contributed by atoms with E-state index in [0.29, 0.717) is 19.4 Å². The quantitative estimate of drug-likeness (QED) is 0.556. The highest BCUT2D eigenvalue weighted by molar-refractivity contribution is 5.97. The van der Waals surface area contributed by atoms with Gasteiger partial charge in [-0.1, -0.05) is 12.1 Å². The molecule has 1 fully saturated rings. The van der Waals surface area contributed by atoms with Crippen LogP contribution in [0.15, 0.2) is 24.3 Å². The molecule has 1 saturated heterocycles. The van der Waals surface area contributed by atoms with Gasteiger partial charge in [-0.15, -0.1) is 0 Å². The van der Waals surface area contributed by atoms with E-state index in [1.165, 1.54) is 0 Å². The van der Waals surface area contributed by atoms with Crippen LogP contribution in [0.5, 0.6) is 5.75 Å². The van der Waals surface area contributed by atoms with Gasteiger partial charge in [0.25, 0.3) is 0 Å². The first-order chi connectivity index (χ1) is 10.1. The molecule has 21 heavy (non-hydrogen) atoms. The van der Waals surface area contributed by atoms with E-state index in [9.17, 15) is 14.7 Å². The van der Waals surface area contributed by atoms with E-state index >= 15 is 0 Å². The van der Waals surface area contributed by atoms with E-state index in [1.54, 1.807) is 24.3 Å². The normalized spacial score (nSPS) is 21.8. The van der Waals surface area contributed by atoms with Gasteiger partial charge in [-0.25, -0.2) is 0 Å². The fourth-order valence-corrected chi connectivity index (χ4v) is 2.38. The highest BCUT2D eigenvalue weighted by Crippen LogP contribution is 2.13. The molecule has 0 radical (unpaired) electrons. The summed E-state index contributed by atoms with van der Waals surface area (Å²) in [7, 11) is 0. The van der Waals surface area contributed by atoms with Gasteiger partial charge in [0, 0.05) is 6.42 Å². The topological polar surface area (TPSA) is 104 Å². The van der Waals surface area contributed by atoms with Crippen LogP contribution in [0.3, 0.4) is 0 Å². The van der Waals surface area contributed by atoms with Crippen LogP contribution in [0.25, 0.3) is 0 Å². The third-order valence-corrected chi connectivity index (χ3v) is 3.59. The van der Waals surface area contributed by atoms with Crippen molar-refractivity contribution in [3.05, 3.63) is 29.8 Å². The van der Waals surface area contributed by atoms with Gasteiger partial charge in [-0.3, -0.25) is 9.59 Å². The molecule has 0 spiro atoms. The van der Waals surface area contributed by atoms with Crippen molar-refractivity contribution in [2.45, 2.75) is 37.8 Å². The van der Waals surface area contributed by atoms with Crippen molar-refractivity contribution in [1.82, 2.24) is 10.6 Å². The Labute approximate surface area is 123 Å². The SMILES string of the molecule is NCCCC[C@@H]1NC(=O)[C@@H](Cc2ccc(O)cc2)NC1=O. The molecule has 1 aromatic rings. The van der Waals surface area contributed by atoms with E-state index < -0.39 is 12.1 Å². The van der Waals surface area contributed by atoms with Crippen molar-refractivity contribution in [3.63, 3.8) is 0 Å². The third-order valence-electron chi connectivity index (χ3n) is 3.59. The molecule has 2 atom stereocenters. The zero-order chi connectivity index (χ0) is 15.2. The zero-order valence-corrected chi connectivity index (χ0v) is 11.8. The smallest absolute Gasteiger partial charge is 0.243 e. The summed E-state index contributed by atoms with van der Waals surface area (Å²) in [4.78, 5) is 24.0. The Kier molecular flexibility index (Phi) is 5.16. The number of piperazine rings is 1. The van der Waals surface area contributed by atoms with Gasteiger partial charge in [-0.05, 0) is 43.5 Å². The van der Waals surface area contributed by atoms with Crippen molar-refractivity contribution in [2.24, 2.45) is 5.73 Å². The largest absolute Gasteiger partial charge is 0.508 e. The molecule has 6 heteroatoms. The van der Waals surface area contributed by atoms with Crippen LogP contribution in [0.2, 0.25) is 0 Å². The third kappa shape index (κ3) is 4.19. The summed E-state index contributed by atoms with van der Waals surface area (Å²) in [5, 5.41) is 14.8. The van der Waals surface area contributed by atoms with Crippen LogP contribution in [0, 0.1) is 0 Å². The molecule has 2 rings (SSSR count). The number of carbonyl (C=O) groups is 2. The molecule has 0 aromatic heterocycles. The van der Waals surface area contributed by atoms with Gasteiger partial charge in [-0.2, -0.15) is 0 Å². The summed E-state index contributed by atoms with van der Waals surface area (Å²) in [5.74, 6) is -0.133. The molecule has 0 unspecified atom stereocenters. The highest BCUT2D eigenvalue weighted by Gasteiger charge is 2.32. The van der Waals surface area contributed by atoms with Crippen molar-refractivity contribution < 1.29 is 14.7 Å². The molecule has 1 aliphatic heterocycles. The number of phenols is 1. The second-order valence-electron chi connectivity index (χ2n) is 5.28. The number of phenolic OH excluding ortho intramolecular Hbond substituents is 1. The number of hydrogen-bond acceptors (Lipinski definition) is 4. The summed E-state index contributed by atoms with van der Waals surface area (Å²) >= 11 is 0. The minimum absolute atomic E-state index is 0.143. The average Bonchev–Trinajstić information content (AvgIpc) is 2.46. The summed E-state index contributed by atoms with van der Waals surface area (Å²) in [6.07, 6.45) is 2.68. The van der Waals surface area contributed by atoms with E-state index in [0.717, 1.165) is 18.4 Å². The molecule has 1 aromatic carbocycles. The van der Waals surface area contributed by atoms with Gasteiger partial charge < -0.3 is 21.5 Å². The lowest BCUT2D eigenvalue weighted by Gasteiger charge is -2.29. The maximum Gasteiger partial charge on any atom is 0.243 e. The minimum atomic E-state index is -0.562. The van der Waals surface area contributed by atoms with Crippen LogP contribution in [-0.2, 0) is 16.0 Å². The first kappa shape index (κ1) is 15.3. The number of nitrogens with two attached hydrogens (primary N) is 1. The van der Waals surface area contributed by atoms with Gasteiger partial charge in [0.2, 0.25) is 11.8 Å². The fourth-order valence-electron chi connectivity index (χ4n) is 2.38. The maximum atomic E-state index is 12.1. The van der Waals surface area contributed by atoms with Crippen LogP contribution < -0.4 is 16.4 Å². The van der Waals surface area contributed by atoms with E-state index in [1.807, 2.05) is 0 Å². The molecule has 6 nitrogen and oxygen atoms in total. The Morgan fingerprint density at radius 2 is 1.62 bits per heavy atom. The van der Waals surface area contributed by atoms with Gasteiger partial charge in [0.1, 0.15) is 17.8 Å². The number of aromatic hydroxyl groups is 1. The predicted octanol–water partition coefficient (Wildman–Crippen LogP) is 0.0469. The summed E-state index contributed by atoms with van der Waals surface area (Å²) < 4.78 is 0. The minimum Gasteiger partial charge on any atom is -0.508 e. The number of nitrogens with one attached hydrogen (secondary N) is 2. The Balaban J connectivity index is 1.91. The van der Waals surface area contributed by atoms with Crippen LogP contribution >= 0.6 is 0 Å². The zero-order valence-electron chi connectivity index (χ0n) is 11.8. The fraction of sp³-hybridized carbons (Fsp3) is 0.467. The Bertz CT molecular complexity index is 501. The van der Waals surface area contributed by atoms with Gasteiger partial charge in [0.05, 0.1) is 0 Å². The van der Waals surface area contributed by atoms with Crippen molar-refractivity contribution in [1.29, 1.82) is 0 Å². The van der Waals surface area contributed by atoms with Gasteiger partial charge in [0.15, 0.2) is 0 Å². The second-order valence-corrected chi connectivity index (χ2v) is 5.28. The Morgan fingerprint density at radius 3 is 2.29 bits per heavy atom. The first-order valence-electron chi connectivity index (χ1n) is 7.19. The second kappa shape index (κ2) is 7.08. The molecule has 0 bridgehead atoms. The molecule has 5 N–H and O–H groups in total. The molecular formula is C15H21N3O3. The molecular weight excluding hydrogens is 270 g/mol. The molecule has 0 saturated carbocycles. The molecule has 0 aliphatic carbocycles. The summed E-state index contributed by atoms with van der Waals surface area (Å²) in [6, 6.07) is 5.58. The number of carbonyl (C=O) groups excluding carboxylic acids is 2. The number of rotatable bonds is 6. The lowest BCUT2D eigenvalue weighted by molar-refractivity contribution is -0.136. The molecule has 114 valence electrons. The van der Waals surface area contributed by atoms with Crippen LogP contribution in [-0.4, -0.2) is 35.5 Å². The molecule has 1 aliphatic rings. The van der Waals surface area contributed by atoms with E-state index in [4.69, 9.17) is 5.73 Å². The number of unbranched alkanes of at least 4 members (excludes halogenated alkanes) is 1. The lowest BCUT2D eigenvalue weighted by Crippen LogP contribution is -2.62. The Morgan fingerprint density at radius 1 is 1.00 bits per heavy atom. The molecule has 1 heterocycles. The lowest BCUT2D eigenvalue weighted by atomic mass is 10.00. The van der Waals surface area contributed by atoms with Crippen LogP contribution in [0.1, 0.15) is 24.8 Å². The average molecular weight is 291 g/mol. The van der Waals surface area contributed by atoms with E-state index in [2.05, 4.69) is 10.6 Å². The van der Waals surface area contributed by atoms with Crippen molar-refractivity contribution >= 4 is 11.8 Å². The van der Waals surface area contributed by atoms with Gasteiger partial charge >= 0.3 is 0 Å². The standard InChI is InChI=1S/C15H21N3O3/c16-8-2-1-3-12-14(20)18-13(15(21)17-12)9-10-4-6-11(19)7-5-10/h4-7,12-13,19H,1-3,8-9,16H2,(H,17,21)(H,18,20)/t12-,13+/m0/s1.